The molecule has 0 fully saturated rings. The van der Waals surface area contributed by atoms with Crippen LogP contribution in [-0.2, 0) is 0 Å². The predicted molar refractivity (Wildman–Crippen MR) is 130 cm³/mol. The molecule has 32 heavy (non-hydrogen) atoms. The minimum absolute atomic E-state index is 0.0108. The van der Waals surface area contributed by atoms with Gasteiger partial charge in [-0.05, 0) is 42.5 Å². The molecule has 7 heteroatoms. The number of aromatic nitrogens is 3. The molecule has 1 unspecified atom stereocenters. The van der Waals surface area contributed by atoms with Gasteiger partial charge in [0, 0.05) is 6.04 Å². The number of benzene rings is 2. The molecule has 4 aromatic rings. The van der Waals surface area contributed by atoms with E-state index < -0.39 is 0 Å². The first kappa shape index (κ1) is 21.5. The van der Waals surface area contributed by atoms with E-state index in [1.165, 1.54) is 10.2 Å². The fourth-order valence-electron chi connectivity index (χ4n) is 3.48. The standard InChI is InChI=1S/C25H28N6O/c1-5-16(4)28-25(32)21-22-24(30-20-9-7-6-8-19(20)29-22)31(23(21)26)27-14-17-10-12-18(13-11-17)15(2)3/h6-16H,5,26H2,1-4H3,(H,28,32). The Morgan fingerprint density at radius 1 is 1.09 bits per heavy atom. The van der Waals surface area contributed by atoms with E-state index in [1.54, 1.807) is 6.21 Å². The molecule has 7 nitrogen and oxygen atoms in total. The van der Waals surface area contributed by atoms with Gasteiger partial charge in [-0.3, -0.25) is 4.79 Å². The van der Waals surface area contributed by atoms with Crippen molar-refractivity contribution in [3.05, 3.63) is 65.2 Å². The van der Waals surface area contributed by atoms with Gasteiger partial charge >= 0.3 is 0 Å². The summed E-state index contributed by atoms with van der Waals surface area (Å²) in [4.78, 5) is 22.5. The van der Waals surface area contributed by atoms with Crippen molar-refractivity contribution >= 4 is 40.1 Å². The van der Waals surface area contributed by atoms with E-state index >= 15 is 0 Å². The quantitative estimate of drug-likeness (QED) is 0.435. The molecule has 0 aliphatic carbocycles. The van der Waals surface area contributed by atoms with Crippen LogP contribution in [0.15, 0.2) is 53.6 Å². The monoisotopic (exact) mass is 428 g/mol. The Labute approximate surface area is 187 Å². The maximum Gasteiger partial charge on any atom is 0.257 e. The van der Waals surface area contributed by atoms with Gasteiger partial charge in [-0.1, -0.05) is 57.2 Å². The van der Waals surface area contributed by atoms with Crippen molar-refractivity contribution in [2.24, 2.45) is 5.10 Å². The van der Waals surface area contributed by atoms with Crippen molar-refractivity contribution in [1.29, 1.82) is 0 Å². The fraction of sp³-hybridized carbons (Fsp3) is 0.280. The van der Waals surface area contributed by atoms with Gasteiger partial charge < -0.3 is 11.1 Å². The third-order valence-electron chi connectivity index (χ3n) is 5.62. The lowest BCUT2D eigenvalue weighted by atomic mass is 10.0. The van der Waals surface area contributed by atoms with Gasteiger partial charge in [-0.25, -0.2) is 9.97 Å². The third kappa shape index (κ3) is 4.06. The van der Waals surface area contributed by atoms with Crippen molar-refractivity contribution in [3.63, 3.8) is 0 Å². The van der Waals surface area contributed by atoms with Gasteiger partial charge in [0.25, 0.3) is 5.91 Å². The van der Waals surface area contributed by atoms with E-state index in [-0.39, 0.29) is 17.8 Å². The smallest absolute Gasteiger partial charge is 0.257 e. The molecule has 1 atom stereocenters. The van der Waals surface area contributed by atoms with Crippen LogP contribution in [0.5, 0.6) is 0 Å². The van der Waals surface area contributed by atoms with Crippen LogP contribution in [0.4, 0.5) is 5.82 Å². The minimum Gasteiger partial charge on any atom is -0.383 e. The van der Waals surface area contributed by atoms with Gasteiger partial charge in [0.2, 0.25) is 0 Å². The predicted octanol–water partition coefficient (Wildman–Crippen LogP) is 4.70. The van der Waals surface area contributed by atoms with Crippen molar-refractivity contribution in [2.45, 2.75) is 46.1 Å². The Kier molecular flexibility index (Phi) is 5.90. The Bertz CT molecular complexity index is 1300. The number of para-hydroxylation sites is 2. The lowest BCUT2D eigenvalue weighted by Gasteiger charge is -2.11. The van der Waals surface area contributed by atoms with Crippen molar-refractivity contribution in [2.75, 3.05) is 5.73 Å². The zero-order valence-electron chi connectivity index (χ0n) is 18.8. The highest BCUT2D eigenvalue weighted by molar-refractivity contribution is 6.10. The third-order valence-corrected chi connectivity index (χ3v) is 5.62. The number of hydrogen-bond acceptors (Lipinski definition) is 5. The molecule has 0 saturated heterocycles. The van der Waals surface area contributed by atoms with E-state index in [0.717, 1.165) is 12.0 Å². The summed E-state index contributed by atoms with van der Waals surface area (Å²) in [6, 6.07) is 15.7. The van der Waals surface area contributed by atoms with Crippen LogP contribution in [-0.4, -0.2) is 32.8 Å². The summed E-state index contributed by atoms with van der Waals surface area (Å²) in [5.41, 5.74) is 11.2. The van der Waals surface area contributed by atoms with Gasteiger partial charge in [0.15, 0.2) is 5.65 Å². The molecular weight excluding hydrogens is 400 g/mol. The maximum atomic E-state index is 13.0. The SMILES string of the molecule is CCC(C)NC(=O)c1c(N)n(N=Cc2ccc(C(C)C)cc2)c2nc3ccccc3nc12. The van der Waals surface area contributed by atoms with Crippen LogP contribution in [0.1, 0.15) is 61.5 Å². The average molecular weight is 429 g/mol. The topological polar surface area (TPSA) is 98.2 Å². The highest BCUT2D eigenvalue weighted by Crippen LogP contribution is 2.28. The molecule has 2 heterocycles. The summed E-state index contributed by atoms with van der Waals surface area (Å²) in [7, 11) is 0. The lowest BCUT2D eigenvalue weighted by Crippen LogP contribution is -2.32. The van der Waals surface area contributed by atoms with Crippen LogP contribution in [0.3, 0.4) is 0 Å². The highest BCUT2D eigenvalue weighted by Gasteiger charge is 2.24. The summed E-state index contributed by atoms with van der Waals surface area (Å²) in [5, 5.41) is 7.55. The van der Waals surface area contributed by atoms with Crippen LogP contribution in [0.25, 0.3) is 22.2 Å². The van der Waals surface area contributed by atoms with E-state index in [9.17, 15) is 4.79 Å². The fourth-order valence-corrected chi connectivity index (χ4v) is 3.48. The van der Waals surface area contributed by atoms with Crippen molar-refractivity contribution < 1.29 is 4.79 Å². The summed E-state index contributed by atoms with van der Waals surface area (Å²) in [6.45, 7) is 8.28. The Hall–Kier alpha value is -3.74. The Morgan fingerprint density at radius 3 is 2.38 bits per heavy atom. The highest BCUT2D eigenvalue weighted by atomic mass is 16.1. The van der Waals surface area contributed by atoms with Gasteiger partial charge in [-0.15, -0.1) is 0 Å². The summed E-state index contributed by atoms with van der Waals surface area (Å²) < 4.78 is 1.50. The summed E-state index contributed by atoms with van der Waals surface area (Å²) in [5.74, 6) is 0.396. The second kappa shape index (κ2) is 8.78. The second-order valence-corrected chi connectivity index (χ2v) is 8.31. The number of hydrogen-bond donors (Lipinski definition) is 2. The number of amides is 1. The lowest BCUT2D eigenvalue weighted by molar-refractivity contribution is 0.0941. The Morgan fingerprint density at radius 2 is 1.75 bits per heavy atom. The van der Waals surface area contributed by atoms with E-state index in [4.69, 9.17) is 15.7 Å². The molecule has 2 aromatic heterocycles. The molecule has 0 aliphatic rings. The number of anilines is 1. The zero-order valence-corrected chi connectivity index (χ0v) is 18.8. The number of nitrogens with one attached hydrogen (secondary N) is 1. The van der Waals surface area contributed by atoms with Gasteiger partial charge in [0.1, 0.15) is 16.9 Å². The van der Waals surface area contributed by atoms with Crippen molar-refractivity contribution in [1.82, 2.24) is 20.0 Å². The minimum atomic E-state index is -0.276. The first-order valence-electron chi connectivity index (χ1n) is 10.9. The van der Waals surface area contributed by atoms with E-state index in [0.29, 0.717) is 33.7 Å². The van der Waals surface area contributed by atoms with E-state index in [1.807, 2.05) is 50.2 Å². The van der Waals surface area contributed by atoms with Crippen LogP contribution in [0, 0.1) is 0 Å². The largest absolute Gasteiger partial charge is 0.383 e. The molecule has 0 radical (unpaired) electrons. The zero-order chi connectivity index (χ0) is 22.8. The van der Waals surface area contributed by atoms with Gasteiger partial charge in [0.05, 0.1) is 17.2 Å². The number of nitrogens with zero attached hydrogens (tertiary/aromatic N) is 4. The number of carbonyl (C=O) groups is 1. The van der Waals surface area contributed by atoms with Crippen LogP contribution >= 0.6 is 0 Å². The molecule has 3 N–H and O–H groups in total. The molecule has 0 bridgehead atoms. The first-order chi connectivity index (χ1) is 15.4. The molecule has 0 aliphatic heterocycles. The summed E-state index contributed by atoms with van der Waals surface area (Å²) in [6.07, 6.45) is 2.52. The number of nitrogens with two attached hydrogens (primary N) is 1. The van der Waals surface area contributed by atoms with Gasteiger partial charge in [-0.2, -0.15) is 9.78 Å². The molecular formula is C25H28N6O. The molecule has 0 spiro atoms. The Balaban J connectivity index is 1.84. The molecule has 0 saturated carbocycles. The second-order valence-electron chi connectivity index (χ2n) is 8.31. The van der Waals surface area contributed by atoms with Crippen LogP contribution in [0.2, 0.25) is 0 Å². The van der Waals surface area contributed by atoms with Crippen molar-refractivity contribution in [3.8, 4) is 0 Å². The number of fused-ring (bicyclic) bond motifs is 2. The number of carbonyl (C=O) groups excluding carboxylic acids is 1. The molecule has 1 amide bonds. The normalized spacial score (nSPS) is 12.8. The average Bonchev–Trinajstić information content (AvgIpc) is 3.06. The number of nitrogen functional groups attached to an aromatic ring is 1. The van der Waals surface area contributed by atoms with Crippen LogP contribution < -0.4 is 11.1 Å². The maximum absolute atomic E-state index is 13.0. The van der Waals surface area contributed by atoms with E-state index in [2.05, 4.69) is 36.4 Å². The molecule has 2 aromatic carbocycles. The number of rotatable bonds is 6. The molecule has 4 rings (SSSR count). The molecule has 164 valence electrons. The first-order valence-corrected chi connectivity index (χ1v) is 10.9. The summed E-state index contributed by atoms with van der Waals surface area (Å²) >= 11 is 0.